The average molecular weight is 303 g/mol. The molecule has 0 spiro atoms. The molecule has 3 heterocycles. The van der Waals surface area contributed by atoms with Crippen molar-refractivity contribution in [3.05, 3.63) is 23.4 Å². The van der Waals surface area contributed by atoms with Crippen LogP contribution < -0.4 is 14.2 Å². The fraction of sp³-hybridized carbons (Fsp3) is 0.471. The van der Waals surface area contributed by atoms with Crippen molar-refractivity contribution in [3.63, 3.8) is 0 Å². The zero-order valence-electron chi connectivity index (χ0n) is 13.2. The molecule has 0 radical (unpaired) electrons. The molecule has 22 heavy (non-hydrogen) atoms. The molecule has 0 amide bonds. The van der Waals surface area contributed by atoms with E-state index >= 15 is 0 Å². The van der Waals surface area contributed by atoms with Crippen molar-refractivity contribution in [1.82, 2.24) is 4.90 Å². The van der Waals surface area contributed by atoms with Gasteiger partial charge in [0.15, 0.2) is 17.3 Å². The lowest BCUT2D eigenvalue weighted by atomic mass is 9.84. The van der Waals surface area contributed by atoms with Crippen molar-refractivity contribution in [1.29, 1.82) is 0 Å². The summed E-state index contributed by atoms with van der Waals surface area (Å²) < 4.78 is 16.2. The van der Waals surface area contributed by atoms with Crippen LogP contribution in [0.3, 0.4) is 0 Å². The fourth-order valence-electron chi connectivity index (χ4n) is 3.30. The van der Waals surface area contributed by atoms with E-state index in [1.807, 2.05) is 18.2 Å². The number of ether oxygens (including phenoxy) is 3. The van der Waals surface area contributed by atoms with Crippen molar-refractivity contribution >= 4 is 11.9 Å². The molecule has 5 heteroatoms. The smallest absolute Gasteiger partial charge is 0.203 e. The molecule has 0 unspecified atom stereocenters. The molecule has 4 rings (SSSR count). The molecular weight excluding hydrogens is 282 g/mol. The normalized spacial score (nSPS) is 19.7. The Bertz CT molecular complexity index is 615. The predicted octanol–water partition coefficient (Wildman–Crippen LogP) is 2.35. The molecule has 2 bridgehead atoms. The fourth-order valence-corrected chi connectivity index (χ4v) is 3.30. The van der Waals surface area contributed by atoms with Gasteiger partial charge in [0.05, 0.1) is 27.0 Å². The number of rotatable bonds is 4. The minimum absolute atomic E-state index is 0.183. The SMILES string of the molecule is COc1ccc(/C=C2\C(=O)C3CCN2CC3)c(OC)c1OC. The standard InChI is InChI=1S/C17H21NO4/c1-20-14-5-4-12(16(21-2)17(14)22-3)10-13-15(19)11-6-8-18(13)9-7-11/h4-5,10-11H,6-9H2,1-3H3/b13-10+. The Hall–Kier alpha value is -2.17. The van der Waals surface area contributed by atoms with Gasteiger partial charge in [-0.2, -0.15) is 0 Å². The van der Waals surface area contributed by atoms with Gasteiger partial charge in [-0.05, 0) is 31.1 Å². The third-order valence-corrected chi connectivity index (χ3v) is 4.49. The van der Waals surface area contributed by atoms with Gasteiger partial charge in [-0.25, -0.2) is 0 Å². The van der Waals surface area contributed by atoms with Crippen LogP contribution in [0, 0.1) is 5.92 Å². The molecule has 0 saturated carbocycles. The van der Waals surface area contributed by atoms with Crippen LogP contribution in [0.4, 0.5) is 0 Å². The number of piperidine rings is 3. The summed E-state index contributed by atoms with van der Waals surface area (Å²) in [6.07, 6.45) is 3.85. The highest BCUT2D eigenvalue weighted by Gasteiger charge is 2.36. The molecule has 3 fully saturated rings. The summed E-state index contributed by atoms with van der Waals surface area (Å²) in [4.78, 5) is 14.6. The summed E-state index contributed by atoms with van der Waals surface area (Å²) in [5.41, 5.74) is 1.61. The maximum Gasteiger partial charge on any atom is 0.203 e. The first-order valence-electron chi connectivity index (χ1n) is 7.49. The summed E-state index contributed by atoms with van der Waals surface area (Å²) in [7, 11) is 4.76. The number of hydrogen-bond acceptors (Lipinski definition) is 5. The highest BCUT2D eigenvalue weighted by Crippen LogP contribution is 2.41. The highest BCUT2D eigenvalue weighted by atomic mass is 16.5. The van der Waals surface area contributed by atoms with Crippen LogP contribution in [0.15, 0.2) is 17.8 Å². The zero-order chi connectivity index (χ0) is 15.7. The number of Topliss-reactive ketones (excluding diaryl/α,β-unsaturated/α-hetero) is 1. The highest BCUT2D eigenvalue weighted by molar-refractivity contribution is 6.02. The molecule has 5 nitrogen and oxygen atoms in total. The average Bonchev–Trinajstić information content (AvgIpc) is 2.57. The molecule has 3 aliphatic heterocycles. The van der Waals surface area contributed by atoms with Gasteiger partial charge in [0.1, 0.15) is 0 Å². The number of hydrogen-bond donors (Lipinski definition) is 0. The van der Waals surface area contributed by atoms with Gasteiger partial charge in [-0.15, -0.1) is 0 Å². The summed E-state index contributed by atoms with van der Waals surface area (Å²) >= 11 is 0. The van der Waals surface area contributed by atoms with Crippen LogP contribution in [0.5, 0.6) is 17.2 Å². The van der Waals surface area contributed by atoms with Crippen molar-refractivity contribution in [2.75, 3.05) is 34.4 Å². The van der Waals surface area contributed by atoms with Gasteiger partial charge in [0, 0.05) is 24.6 Å². The van der Waals surface area contributed by atoms with Crippen LogP contribution in [-0.4, -0.2) is 45.1 Å². The Kier molecular flexibility index (Phi) is 3.96. The molecule has 3 aliphatic rings. The Morgan fingerprint density at radius 1 is 1.05 bits per heavy atom. The van der Waals surface area contributed by atoms with E-state index in [0.29, 0.717) is 17.2 Å². The number of carbonyl (C=O) groups is 1. The van der Waals surface area contributed by atoms with Crippen molar-refractivity contribution < 1.29 is 19.0 Å². The predicted molar refractivity (Wildman–Crippen MR) is 83.4 cm³/mol. The number of fused-ring (bicyclic) bond motifs is 3. The molecule has 0 atom stereocenters. The first-order chi connectivity index (χ1) is 10.7. The van der Waals surface area contributed by atoms with Crippen LogP contribution in [0.2, 0.25) is 0 Å². The second kappa shape index (κ2) is 5.91. The second-order valence-corrected chi connectivity index (χ2v) is 5.58. The van der Waals surface area contributed by atoms with E-state index in [9.17, 15) is 4.79 Å². The van der Waals surface area contributed by atoms with E-state index in [-0.39, 0.29) is 11.7 Å². The lowest BCUT2D eigenvalue weighted by Gasteiger charge is -2.41. The zero-order valence-corrected chi connectivity index (χ0v) is 13.2. The van der Waals surface area contributed by atoms with E-state index in [1.54, 1.807) is 21.3 Å². The number of benzene rings is 1. The monoisotopic (exact) mass is 303 g/mol. The third kappa shape index (κ3) is 2.30. The molecule has 3 saturated heterocycles. The van der Waals surface area contributed by atoms with Gasteiger partial charge >= 0.3 is 0 Å². The van der Waals surface area contributed by atoms with E-state index in [0.717, 1.165) is 37.2 Å². The van der Waals surface area contributed by atoms with Crippen molar-refractivity contribution in [2.24, 2.45) is 5.92 Å². The quantitative estimate of drug-likeness (QED) is 0.799. The summed E-state index contributed by atoms with van der Waals surface area (Å²) in [6, 6.07) is 3.72. The minimum atomic E-state index is 0.183. The van der Waals surface area contributed by atoms with Crippen molar-refractivity contribution in [3.8, 4) is 17.2 Å². The molecule has 0 aromatic heterocycles. The Balaban J connectivity index is 2.05. The molecule has 0 aliphatic carbocycles. The Morgan fingerprint density at radius 3 is 2.27 bits per heavy atom. The summed E-state index contributed by atoms with van der Waals surface area (Å²) in [5.74, 6) is 2.17. The van der Waals surface area contributed by atoms with Gasteiger partial charge in [-0.3, -0.25) is 4.79 Å². The number of methoxy groups -OCH3 is 3. The second-order valence-electron chi connectivity index (χ2n) is 5.58. The van der Waals surface area contributed by atoms with Gasteiger partial charge < -0.3 is 19.1 Å². The first kappa shape index (κ1) is 14.8. The molecule has 1 aromatic carbocycles. The maximum atomic E-state index is 12.5. The summed E-state index contributed by atoms with van der Waals surface area (Å²) in [5, 5.41) is 0. The Labute approximate surface area is 130 Å². The molecule has 1 aromatic rings. The lowest BCUT2D eigenvalue weighted by molar-refractivity contribution is -0.125. The number of carbonyl (C=O) groups excluding carboxylic acids is 1. The minimum Gasteiger partial charge on any atom is -0.493 e. The van der Waals surface area contributed by atoms with Crippen LogP contribution in [0.1, 0.15) is 18.4 Å². The first-order valence-corrected chi connectivity index (χ1v) is 7.49. The van der Waals surface area contributed by atoms with E-state index in [1.165, 1.54) is 0 Å². The maximum absolute atomic E-state index is 12.5. The largest absolute Gasteiger partial charge is 0.493 e. The van der Waals surface area contributed by atoms with E-state index in [2.05, 4.69) is 4.90 Å². The van der Waals surface area contributed by atoms with Gasteiger partial charge in [0.25, 0.3) is 0 Å². The van der Waals surface area contributed by atoms with Gasteiger partial charge in [-0.1, -0.05) is 0 Å². The third-order valence-electron chi connectivity index (χ3n) is 4.49. The van der Waals surface area contributed by atoms with Gasteiger partial charge in [0.2, 0.25) is 5.75 Å². The molecule has 118 valence electrons. The van der Waals surface area contributed by atoms with E-state index in [4.69, 9.17) is 14.2 Å². The lowest BCUT2D eigenvalue weighted by Crippen LogP contribution is -2.45. The number of allylic oxidation sites excluding steroid dienone is 1. The number of nitrogens with zero attached hydrogens (tertiary/aromatic N) is 1. The molecular formula is C17H21NO4. The molecule has 0 N–H and O–H groups in total. The number of ketones is 1. The summed E-state index contributed by atoms with van der Waals surface area (Å²) in [6.45, 7) is 1.91. The van der Waals surface area contributed by atoms with Crippen molar-refractivity contribution in [2.45, 2.75) is 12.8 Å². The van der Waals surface area contributed by atoms with Crippen LogP contribution in [-0.2, 0) is 4.79 Å². The van der Waals surface area contributed by atoms with Crippen LogP contribution >= 0.6 is 0 Å². The van der Waals surface area contributed by atoms with E-state index < -0.39 is 0 Å². The topological polar surface area (TPSA) is 48.0 Å². The Morgan fingerprint density at radius 2 is 1.73 bits per heavy atom. The van der Waals surface area contributed by atoms with Crippen LogP contribution in [0.25, 0.3) is 6.08 Å².